The summed E-state index contributed by atoms with van der Waals surface area (Å²) < 4.78 is 5.16. The van der Waals surface area contributed by atoms with Crippen LogP contribution in [0.25, 0.3) is 0 Å². The molecule has 1 aromatic carbocycles. The third-order valence-corrected chi connectivity index (χ3v) is 5.66. The Morgan fingerprint density at radius 2 is 1.89 bits per heavy atom. The molecule has 7 nitrogen and oxygen atoms in total. The zero-order valence-electron chi connectivity index (χ0n) is 17.0. The van der Waals surface area contributed by atoms with E-state index >= 15 is 0 Å². The molecule has 0 saturated carbocycles. The fourth-order valence-electron chi connectivity index (χ4n) is 3.78. The highest BCUT2D eigenvalue weighted by Gasteiger charge is 2.34. The smallest absolute Gasteiger partial charge is 0.225 e. The molecule has 2 saturated heterocycles. The third-order valence-electron chi connectivity index (χ3n) is 5.66. The van der Waals surface area contributed by atoms with Gasteiger partial charge in [-0.05, 0) is 37.7 Å². The quantitative estimate of drug-likeness (QED) is 0.668. The van der Waals surface area contributed by atoms with E-state index in [0.29, 0.717) is 26.1 Å². The molecule has 1 N–H and O–H groups in total. The van der Waals surface area contributed by atoms with E-state index in [9.17, 15) is 9.59 Å². The van der Waals surface area contributed by atoms with E-state index in [2.05, 4.69) is 22.2 Å². The molecule has 0 unspecified atom stereocenters. The minimum Gasteiger partial charge on any atom is -0.497 e. The van der Waals surface area contributed by atoms with Crippen molar-refractivity contribution in [1.29, 1.82) is 0 Å². The molecular weight excluding hydrogens is 356 g/mol. The van der Waals surface area contributed by atoms with Gasteiger partial charge in [0.15, 0.2) is 0 Å². The molecule has 0 aromatic heterocycles. The first-order valence-corrected chi connectivity index (χ1v) is 10.1. The molecule has 2 aliphatic heterocycles. The lowest BCUT2D eigenvalue weighted by Gasteiger charge is -2.32. The molecule has 28 heavy (non-hydrogen) atoms. The van der Waals surface area contributed by atoms with Gasteiger partial charge in [0.1, 0.15) is 5.75 Å². The van der Waals surface area contributed by atoms with Gasteiger partial charge in [-0.3, -0.25) is 9.59 Å². The van der Waals surface area contributed by atoms with Crippen LogP contribution in [0, 0.1) is 5.92 Å². The van der Waals surface area contributed by atoms with E-state index in [4.69, 9.17) is 4.74 Å². The van der Waals surface area contributed by atoms with Gasteiger partial charge >= 0.3 is 0 Å². The highest BCUT2D eigenvalue weighted by Crippen LogP contribution is 2.21. The van der Waals surface area contributed by atoms with E-state index < -0.39 is 0 Å². The van der Waals surface area contributed by atoms with E-state index in [0.717, 1.165) is 50.5 Å². The molecule has 154 valence electrons. The number of hydrogen-bond acceptors (Lipinski definition) is 5. The maximum Gasteiger partial charge on any atom is 0.225 e. The van der Waals surface area contributed by atoms with Crippen molar-refractivity contribution in [1.82, 2.24) is 20.0 Å². The lowest BCUT2D eigenvalue weighted by Crippen LogP contribution is -2.45. The summed E-state index contributed by atoms with van der Waals surface area (Å²) in [6.45, 7) is 7.14. The summed E-state index contributed by atoms with van der Waals surface area (Å²) >= 11 is 0. The van der Waals surface area contributed by atoms with Crippen LogP contribution in [0.4, 0.5) is 0 Å². The number of nitrogens with one attached hydrogen (secondary N) is 1. The average Bonchev–Trinajstić information content (AvgIpc) is 3.07. The zero-order chi connectivity index (χ0) is 19.9. The van der Waals surface area contributed by atoms with Crippen molar-refractivity contribution < 1.29 is 14.3 Å². The standard InChI is InChI=1S/C21H32N4O3/c1-23-10-12-24(13-11-23)9-3-8-22-21(27)18-14-20(26)25(16-18)15-17-4-6-19(28-2)7-5-17/h4-7,18H,3,8-16H2,1-2H3,(H,22,27)/t18-/m1/s1. The molecular formula is C21H32N4O3. The second kappa shape index (κ2) is 9.89. The van der Waals surface area contributed by atoms with Crippen molar-refractivity contribution in [2.75, 3.05) is 60.0 Å². The van der Waals surface area contributed by atoms with Crippen LogP contribution in [0.1, 0.15) is 18.4 Å². The number of carbonyl (C=O) groups is 2. The molecule has 2 aliphatic rings. The Labute approximate surface area is 167 Å². The van der Waals surface area contributed by atoms with E-state index in [1.165, 1.54) is 0 Å². The Bertz CT molecular complexity index is 656. The molecule has 3 rings (SSSR count). The monoisotopic (exact) mass is 388 g/mol. The lowest BCUT2D eigenvalue weighted by atomic mass is 10.1. The van der Waals surface area contributed by atoms with E-state index in [-0.39, 0.29) is 17.7 Å². The number of likely N-dealkylation sites (N-methyl/N-ethyl adjacent to an activating group) is 1. The minimum absolute atomic E-state index is 0.00367. The number of nitrogens with zero attached hydrogens (tertiary/aromatic N) is 3. The van der Waals surface area contributed by atoms with E-state index in [1.54, 1.807) is 12.0 Å². The van der Waals surface area contributed by atoms with Crippen LogP contribution in [-0.2, 0) is 16.1 Å². The summed E-state index contributed by atoms with van der Waals surface area (Å²) in [5.41, 5.74) is 1.04. The zero-order valence-corrected chi connectivity index (χ0v) is 17.0. The normalized spacial score (nSPS) is 21.1. The number of piperazine rings is 1. The van der Waals surface area contributed by atoms with E-state index in [1.807, 2.05) is 24.3 Å². The van der Waals surface area contributed by atoms with Gasteiger partial charge in [-0.2, -0.15) is 0 Å². The summed E-state index contributed by atoms with van der Waals surface area (Å²) in [6, 6.07) is 7.69. The summed E-state index contributed by atoms with van der Waals surface area (Å²) in [6.07, 6.45) is 1.26. The molecule has 0 bridgehead atoms. The third kappa shape index (κ3) is 5.69. The minimum atomic E-state index is -0.241. The van der Waals surface area contributed by atoms with Gasteiger partial charge in [-0.25, -0.2) is 0 Å². The van der Waals surface area contributed by atoms with Crippen molar-refractivity contribution in [2.45, 2.75) is 19.4 Å². The Balaban J connectivity index is 1.37. The summed E-state index contributed by atoms with van der Waals surface area (Å²) in [7, 11) is 3.78. The summed E-state index contributed by atoms with van der Waals surface area (Å²) in [5, 5.41) is 3.02. The Morgan fingerprint density at radius 1 is 1.18 bits per heavy atom. The van der Waals surface area contributed by atoms with Crippen LogP contribution in [0.15, 0.2) is 24.3 Å². The van der Waals surface area contributed by atoms with Gasteiger partial charge in [0.25, 0.3) is 0 Å². The van der Waals surface area contributed by atoms with Crippen molar-refractivity contribution >= 4 is 11.8 Å². The van der Waals surface area contributed by atoms with Crippen molar-refractivity contribution in [3.8, 4) is 5.75 Å². The van der Waals surface area contributed by atoms with Gasteiger partial charge in [0.05, 0.1) is 13.0 Å². The van der Waals surface area contributed by atoms with Crippen LogP contribution in [-0.4, -0.2) is 86.5 Å². The number of carbonyl (C=O) groups excluding carboxylic acids is 2. The van der Waals surface area contributed by atoms with Gasteiger partial charge < -0.3 is 24.8 Å². The summed E-state index contributed by atoms with van der Waals surface area (Å²) in [5.74, 6) is 0.608. The molecule has 2 fully saturated rings. The molecule has 2 heterocycles. The molecule has 0 radical (unpaired) electrons. The Morgan fingerprint density at radius 3 is 2.57 bits per heavy atom. The van der Waals surface area contributed by atoms with Gasteiger partial charge in [-0.1, -0.05) is 12.1 Å². The highest BCUT2D eigenvalue weighted by atomic mass is 16.5. The van der Waals surface area contributed by atoms with Gasteiger partial charge in [-0.15, -0.1) is 0 Å². The maximum absolute atomic E-state index is 12.4. The van der Waals surface area contributed by atoms with Crippen molar-refractivity contribution in [3.63, 3.8) is 0 Å². The topological polar surface area (TPSA) is 65.1 Å². The van der Waals surface area contributed by atoms with Crippen LogP contribution in [0.2, 0.25) is 0 Å². The van der Waals surface area contributed by atoms with Gasteiger partial charge in [0.2, 0.25) is 11.8 Å². The number of benzene rings is 1. The van der Waals surface area contributed by atoms with Crippen LogP contribution in [0.3, 0.4) is 0 Å². The number of hydrogen-bond donors (Lipinski definition) is 1. The number of rotatable bonds is 8. The first-order chi connectivity index (χ1) is 13.5. The molecule has 0 aliphatic carbocycles. The largest absolute Gasteiger partial charge is 0.497 e. The Kier molecular flexibility index (Phi) is 7.28. The molecule has 1 aromatic rings. The number of likely N-dealkylation sites (tertiary alicyclic amines) is 1. The maximum atomic E-state index is 12.4. The molecule has 7 heteroatoms. The second-order valence-corrected chi connectivity index (χ2v) is 7.81. The van der Waals surface area contributed by atoms with Crippen molar-refractivity contribution in [3.05, 3.63) is 29.8 Å². The SMILES string of the molecule is COc1ccc(CN2C[C@H](C(=O)NCCCN3CCN(C)CC3)CC2=O)cc1. The fourth-order valence-corrected chi connectivity index (χ4v) is 3.78. The lowest BCUT2D eigenvalue weighted by molar-refractivity contribution is -0.129. The first kappa shape index (κ1) is 20.6. The fraction of sp³-hybridized carbons (Fsp3) is 0.619. The van der Waals surface area contributed by atoms with Gasteiger partial charge in [0, 0.05) is 52.2 Å². The highest BCUT2D eigenvalue weighted by molar-refractivity contribution is 5.89. The summed E-state index contributed by atoms with van der Waals surface area (Å²) in [4.78, 5) is 31.3. The molecule has 0 spiro atoms. The predicted molar refractivity (Wildman–Crippen MR) is 108 cm³/mol. The van der Waals surface area contributed by atoms with Crippen LogP contribution >= 0.6 is 0 Å². The average molecular weight is 389 g/mol. The number of ether oxygens (including phenoxy) is 1. The predicted octanol–water partition coefficient (Wildman–Crippen LogP) is 0.797. The molecule has 2 amide bonds. The number of amides is 2. The second-order valence-electron chi connectivity index (χ2n) is 7.81. The first-order valence-electron chi connectivity index (χ1n) is 10.1. The Hall–Kier alpha value is -2.12. The van der Waals surface area contributed by atoms with Crippen LogP contribution in [0.5, 0.6) is 5.75 Å². The van der Waals surface area contributed by atoms with Crippen LogP contribution < -0.4 is 10.1 Å². The van der Waals surface area contributed by atoms with Crippen molar-refractivity contribution in [2.24, 2.45) is 5.92 Å². The number of methoxy groups -OCH3 is 1. The molecule has 1 atom stereocenters.